The number of esters is 1. The highest BCUT2D eigenvalue weighted by Gasteiger charge is 2.15. The molecule has 2 aromatic heterocycles. The number of hydrogen-bond acceptors (Lipinski definition) is 7. The van der Waals surface area contributed by atoms with Crippen molar-refractivity contribution < 1.29 is 18.8 Å². The summed E-state index contributed by atoms with van der Waals surface area (Å²) in [7, 11) is 0. The van der Waals surface area contributed by atoms with Crippen molar-refractivity contribution in [1.82, 2.24) is 25.7 Å². The molecule has 4 aromatic rings. The van der Waals surface area contributed by atoms with Crippen LogP contribution in [0.5, 0.6) is 0 Å². The summed E-state index contributed by atoms with van der Waals surface area (Å²) in [4.78, 5) is 28.4. The molecule has 0 radical (unpaired) electrons. The summed E-state index contributed by atoms with van der Waals surface area (Å²) in [5, 5.41) is 14.1. The van der Waals surface area contributed by atoms with Crippen LogP contribution < -0.4 is 5.32 Å². The maximum Gasteiger partial charge on any atom is 0.308 e. The number of amides is 1. The number of ether oxygens (including phenoxy) is 1. The van der Waals surface area contributed by atoms with Gasteiger partial charge in [-0.15, -0.1) is 0 Å². The van der Waals surface area contributed by atoms with Gasteiger partial charge in [-0.2, -0.15) is 10.1 Å². The molecule has 1 amide bonds. The van der Waals surface area contributed by atoms with E-state index in [1.807, 2.05) is 49.4 Å². The fourth-order valence-electron chi connectivity index (χ4n) is 2.85. The smallest absolute Gasteiger partial charge is 0.308 e. The van der Waals surface area contributed by atoms with Crippen molar-refractivity contribution in [2.45, 2.75) is 20.0 Å². The van der Waals surface area contributed by atoms with E-state index < -0.39 is 5.97 Å². The molecule has 30 heavy (non-hydrogen) atoms. The number of nitrogens with one attached hydrogen (secondary N) is 2. The number of rotatable bonds is 7. The summed E-state index contributed by atoms with van der Waals surface area (Å²) in [6.07, 6.45) is 0.00700. The molecule has 0 atom stereocenters. The molecule has 0 aliphatic carbocycles. The summed E-state index contributed by atoms with van der Waals surface area (Å²) in [6, 6.07) is 15.0. The molecule has 2 aromatic carbocycles. The molecule has 0 saturated carbocycles. The lowest BCUT2D eigenvalue weighted by atomic mass is 10.1. The van der Waals surface area contributed by atoms with Gasteiger partial charge in [0.05, 0.1) is 11.9 Å². The molecule has 2 N–H and O–H groups in total. The zero-order valence-electron chi connectivity index (χ0n) is 16.2. The van der Waals surface area contributed by atoms with Crippen molar-refractivity contribution in [2.75, 3.05) is 6.54 Å². The van der Waals surface area contributed by atoms with E-state index in [-0.39, 0.29) is 37.1 Å². The van der Waals surface area contributed by atoms with E-state index in [0.717, 1.165) is 22.0 Å². The van der Waals surface area contributed by atoms with E-state index >= 15 is 0 Å². The second-order valence-corrected chi connectivity index (χ2v) is 6.66. The predicted molar refractivity (Wildman–Crippen MR) is 107 cm³/mol. The minimum Gasteiger partial charge on any atom is -0.456 e. The van der Waals surface area contributed by atoms with Gasteiger partial charge in [0.1, 0.15) is 0 Å². The number of aromatic amines is 1. The normalized spacial score (nSPS) is 10.8. The third-order valence-electron chi connectivity index (χ3n) is 4.43. The van der Waals surface area contributed by atoms with Crippen LogP contribution in [0.15, 0.2) is 53.1 Å². The van der Waals surface area contributed by atoms with Crippen LogP contribution in [0.2, 0.25) is 0 Å². The first kappa shape index (κ1) is 19.3. The van der Waals surface area contributed by atoms with Gasteiger partial charge < -0.3 is 14.6 Å². The summed E-state index contributed by atoms with van der Waals surface area (Å²) in [6.45, 7) is 1.98. The summed E-state index contributed by atoms with van der Waals surface area (Å²) in [5.41, 5.74) is 3.00. The zero-order valence-corrected chi connectivity index (χ0v) is 16.2. The van der Waals surface area contributed by atoms with Crippen molar-refractivity contribution in [3.8, 4) is 11.4 Å². The Kier molecular flexibility index (Phi) is 5.51. The Morgan fingerprint density at radius 3 is 2.77 bits per heavy atom. The molecule has 0 spiro atoms. The summed E-state index contributed by atoms with van der Waals surface area (Å²) >= 11 is 0. The minimum atomic E-state index is -0.489. The number of fused-ring (bicyclic) bond motifs is 1. The van der Waals surface area contributed by atoms with Gasteiger partial charge >= 0.3 is 5.97 Å². The molecule has 0 aliphatic rings. The molecule has 9 nitrogen and oxygen atoms in total. The Labute approximate surface area is 171 Å². The van der Waals surface area contributed by atoms with Gasteiger partial charge in [0.2, 0.25) is 5.82 Å². The quantitative estimate of drug-likeness (QED) is 0.453. The van der Waals surface area contributed by atoms with Crippen LogP contribution >= 0.6 is 0 Å². The van der Waals surface area contributed by atoms with E-state index in [1.165, 1.54) is 0 Å². The molecular weight excluding hydrogens is 386 g/mol. The fourth-order valence-corrected chi connectivity index (χ4v) is 2.85. The Morgan fingerprint density at radius 1 is 1.13 bits per heavy atom. The van der Waals surface area contributed by atoms with Crippen LogP contribution in [-0.4, -0.2) is 38.8 Å². The first-order chi connectivity index (χ1) is 14.6. The van der Waals surface area contributed by atoms with Crippen LogP contribution in [-0.2, 0) is 16.1 Å². The maximum absolute atomic E-state index is 12.3. The third-order valence-corrected chi connectivity index (χ3v) is 4.43. The predicted octanol–water partition coefficient (Wildman–Crippen LogP) is 2.78. The average molecular weight is 405 g/mol. The Morgan fingerprint density at radius 2 is 1.93 bits per heavy atom. The van der Waals surface area contributed by atoms with E-state index in [4.69, 9.17) is 9.26 Å². The average Bonchev–Trinajstić information content (AvgIpc) is 3.40. The van der Waals surface area contributed by atoms with Gasteiger partial charge in [-0.25, -0.2) is 0 Å². The lowest BCUT2D eigenvalue weighted by Crippen LogP contribution is -2.27. The topological polar surface area (TPSA) is 123 Å². The van der Waals surface area contributed by atoms with E-state index in [2.05, 4.69) is 25.7 Å². The molecule has 0 aliphatic heterocycles. The Bertz CT molecular complexity index is 1180. The second-order valence-electron chi connectivity index (χ2n) is 6.66. The van der Waals surface area contributed by atoms with Gasteiger partial charge in [0.25, 0.3) is 11.8 Å². The molecule has 2 heterocycles. The lowest BCUT2D eigenvalue weighted by Gasteiger charge is -2.04. The highest BCUT2D eigenvalue weighted by atomic mass is 16.6. The zero-order chi connectivity index (χ0) is 20.9. The first-order valence-electron chi connectivity index (χ1n) is 9.37. The van der Waals surface area contributed by atoms with E-state index in [9.17, 15) is 9.59 Å². The summed E-state index contributed by atoms with van der Waals surface area (Å²) < 4.78 is 10.2. The highest BCUT2D eigenvalue weighted by molar-refractivity contribution is 6.04. The molecule has 9 heteroatoms. The number of carbonyl (C=O) groups excluding carboxylic acids is 2. The van der Waals surface area contributed by atoms with Crippen molar-refractivity contribution in [3.05, 3.63) is 65.7 Å². The molecule has 152 valence electrons. The Hall–Kier alpha value is -4.01. The molecule has 0 fully saturated rings. The van der Waals surface area contributed by atoms with Crippen LogP contribution in [0.25, 0.3) is 22.3 Å². The molecular formula is C21H19N5O4. The lowest BCUT2D eigenvalue weighted by molar-refractivity contribution is -0.145. The van der Waals surface area contributed by atoms with Crippen LogP contribution in [0, 0.1) is 6.92 Å². The number of carbonyl (C=O) groups is 2. The molecule has 0 bridgehead atoms. The Balaban J connectivity index is 1.23. The SMILES string of the molecule is Cc1ccc(-c2noc(COC(=O)CCNC(=O)c3n[nH]c4ccccc34)n2)cc1. The van der Waals surface area contributed by atoms with Crippen molar-refractivity contribution in [3.63, 3.8) is 0 Å². The van der Waals surface area contributed by atoms with Gasteiger partial charge in [-0.1, -0.05) is 53.2 Å². The number of nitrogens with zero attached hydrogens (tertiary/aromatic N) is 3. The third kappa shape index (κ3) is 4.35. The van der Waals surface area contributed by atoms with E-state index in [1.54, 1.807) is 6.07 Å². The van der Waals surface area contributed by atoms with Gasteiger partial charge in [-0.3, -0.25) is 14.7 Å². The monoisotopic (exact) mass is 405 g/mol. The van der Waals surface area contributed by atoms with E-state index in [0.29, 0.717) is 5.82 Å². The highest BCUT2D eigenvalue weighted by Crippen LogP contribution is 2.17. The van der Waals surface area contributed by atoms with Crippen molar-refractivity contribution >= 4 is 22.8 Å². The first-order valence-corrected chi connectivity index (χ1v) is 9.37. The van der Waals surface area contributed by atoms with Gasteiger partial charge in [0, 0.05) is 17.5 Å². The summed E-state index contributed by atoms with van der Waals surface area (Å²) in [5.74, 6) is -0.220. The fraction of sp³-hybridized carbons (Fsp3) is 0.190. The number of hydrogen-bond donors (Lipinski definition) is 2. The number of aryl methyl sites for hydroxylation is 1. The maximum atomic E-state index is 12.3. The van der Waals surface area contributed by atoms with Crippen molar-refractivity contribution in [2.24, 2.45) is 0 Å². The van der Waals surface area contributed by atoms with Crippen LogP contribution in [0.1, 0.15) is 28.4 Å². The van der Waals surface area contributed by atoms with Gasteiger partial charge in [-0.05, 0) is 13.0 Å². The molecule has 0 unspecified atom stereocenters. The number of para-hydroxylation sites is 1. The van der Waals surface area contributed by atoms with Gasteiger partial charge in [0.15, 0.2) is 12.3 Å². The second kappa shape index (κ2) is 8.56. The number of H-pyrrole nitrogens is 1. The molecule has 0 saturated heterocycles. The van der Waals surface area contributed by atoms with Crippen molar-refractivity contribution in [1.29, 1.82) is 0 Å². The largest absolute Gasteiger partial charge is 0.456 e. The minimum absolute atomic E-state index is 0.00700. The van der Waals surface area contributed by atoms with Crippen LogP contribution in [0.4, 0.5) is 0 Å². The van der Waals surface area contributed by atoms with Crippen LogP contribution in [0.3, 0.4) is 0 Å². The standard InChI is InChI=1S/C21H19N5O4/c1-13-6-8-14(9-7-13)20-23-17(30-26-20)12-29-18(27)10-11-22-21(28)19-15-4-2-3-5-16(15)24-25-19/h2-9H,10-12H2,1H3,(H,22,28)(H,24,25). The number of benzene rings is 2. The molecule has 4 rings (SSSR count). The number of aromatic nitrogens is 4.